The number of alkyl halides is 3. The van der Waals surface area contributed by atoms with Gasteiger partial charge in [0, 0.05) is 13.1 Å². The van der Waals surface area contributed by atoms with Gasteiger partial charge < -0.3 is 0 Å². The number of nitrogens with zero attached hydrogens (tertiary/aromatic N) is 6. The molecule has 1 aliphatic heterocycles. The van der Waals surface area contributed by atoms with Crippen LogP contribution >= 0.6 is 0 Å². The van der Waals surface area contributed by atoms with Gasteiger partial charge >= 0.3 is 6.18 Å². The molecule has 30 heavy (non-hydrogen) atoms. The fourth-order valence-electron chi connectivity index (χ4n) is 3.21. The summed E-state index contributed by atoms with van der Waals surface area (Å²) in [6.45, 7) is 1.86. The molecule has 0 aliphatic carbocycles. The molecule has 3 heterocycles. The predicted octanol–water partition coefficient (Wildman–Crippen LogP) is 2.22. The summed E-state index contributed by atoms with van der Waals surface area (Å²) in [6.07, 6.45) is -3.54. The van der Waals surface area contributed by atoms with Gasteiger partial charge in [0.2, 0.25) is 0 Å². The normalized spacial score (nSPS) is 14.4. The summed E-state index contributed by atoms with van der Waals surface area (Å²) >= 11 is 0. The van der Waals surface area contributed by atoms with Crippen LogP contribution in [0.15, 0.2) is 36.5 Å². The van der Waals surface area contributed by atoms with Crippen molar-refractivity contribution in [3.05, 3.63) is 59.2 Å². The maximum atomic E-state index is 13.1. The van der Waals surface area contributed by atoms with Crippen molar-refractivity contribution in [2.75, 3.05) is 13.1 Å². The number of hydrazine groups is 1. The van der Waals surface area contributed by atoms with Crippen LogP contribution in [0.1, 0.15) is 38.7 Å². The number of benzene rings is 1. The molecule has 12 heteroatoms. The predicted molar refractivity (Wildman–Crippen MR) is 96.4 cm³/mol. The molecule has 2 amide bonds. The zero-order valence-electron chi connectivity index (χ0n) is 15.7. The minimum atomic E-state index is -4.77. The van der Waals surface area contributed by atoms with E-state index < -0.39 is 29.2 Å². The lowest BCUT2D eigenvalue weighted by atomic mass is 10.2. The van der Waals surface area contributed by atoms with Crippen molar-refractivity contribution in [3.8, 4) is 5.69 Å². The summed E-state index contributed by atoms with van der Waals surface area (Å²) in [5.74, 6) is -1.58. The van der Waals surface area contributed by atoms with Crippen LogP contribution in [0.2, 0.25) is 0 Å². The Labute approximate surface area is 168 Å². The van der Waals surface area contributed by atoms with Crippen molar-refractivity contribution in [2.24, 2.45) is 0 Å². The molecule has 2 aromatic heterocycles. The number of amides is 2. The monoisotopic (exact) mass is 419 g/mol. The maximum Gasteiger partial charge on any atom is 0.433 e. The molecule has 1 aliphatic rings. The van der Waals surface area contributed by atoms with E-state index in [0.29, 0.717) is 17.8 Å². The molecule has 0 saturated carbocycles. The number of H-pyrrole nitrogens is 1. The van der Waals surface area contributed by atoms with E-state index >= 15 is 0 Å². The Morgan fingerprint density at radius 2 is 1.70 bits per heavy atom. The highest BCUT2D eigenvalue weighted by molar-refractivity contribution is 5.99. The summed E-state index contributed by atoms with van der Waals surface area (Å²) < 4.78 is 39.4. The Morgan fingerprint density at radius 3 is 2.37 bits per heavy atom. The summed E-state index contributed by atoms with van der Waals surface area (Å²) in [5, 5.41) is 15.7. The average molecular weight is 419 g/mol. The molecule has 1 fully saturated rings. The second-order valence-electron chi connectivity index (χ2n) is 6.63. The second kappa shape index (κ2) is 7.28. The molecule has 156 valence electrons. The van der Waals surface area contributed by atoms with E-state index in [2.05, 4.69) is 15.3 Å². The third-order valence-corrected chi connectivity index (χ3v) is 4.63. The lowest BCUT2D eigenvalue weighted by Gasteiger charge is -2.27. The third kappa shape index (κ3) is 3.40. The summed E-state index contributed by atoms with van der Waals surface area (Å²) in [7, 11) is 0. The number of aromatic nitrogens is 5. The molecule has 0 radical (unpaired) electrons. The van der Waals surface area contributed by atoms with Crippen LogP contribution in [0.3, 0.4) is 0 Å². The lowest BCUT2D eigenvalue weighted by Crippen LogP contribution is -2.45. The zero-order chi connectivity index (χ0) is 21.5. The molecule has 0 unspecified atom stereocenters. The number of carbonyl (C=O) groups is 2. The number of aromatic amines is 1. The van der Waals surface area contributed by atoms with Gasteiger partial charge in [-0.3, -0.25) is 14.7 Å². The standard InChI is InChI=1S/C18H16F3N7O2/c1-11-14(25-28(24-11)12-6-3-2-4-7-12)17(30)27-9-5-8-26(27)16(29)13-10-22-23-15(13)18(19,20)21/h2-4,6-7,10H,5,8-9H2,1H3,(H,22,23). The molecule has 1 N–H and O–H groups in total. The largest absolute Gasteiger partial charge is 0.433 e. The van der Waals surface area contributed by atoms with E-state index in [1.54, 1.807) is 36.3 Å². The zero-order valence-corrected chi connectivity index (χ0v) is 15.7. The maximum absolute atomic E-state index is 13.1. The Balaban J connectivity index is 1.62. The molecular formula is C18H16F3N7O2. The lowest BCUT2D eigenvalue weighted by molar-refractivity contribution is -0.141. The number of hydrogen-bond acceptors (Lipinski definition) is 5. The van der Waals surface area contributed by atoms with Crippen LogP contribution in [-0.4, -0.2) is 60.1 Å². The molecule has 0 spiro atoms. The van der Waals surface area contributed by atoms with Crippen LogP contribution in [0.5, 0.6) is 0 Å². The van der Waals surface area contributed by atoms with E-state index in [0.717, 1.165) is 16.2 Å². The number of para-hydroxylation sites is 1. The molecule has 4 rings (SSSR count). The number of carbonyl (C=O) groups excluding carboxylic acids is 2. The van der Waals surface area contributed by atoms with E-state index in [4.69, 9.17) is 0 Å². The number of rotatable bonds is 3. The topological polar surface area (TPSA) is 100 Å². The summed E-state index contributed by atoms with van der Waals surface area (Å²) in [6, 6.07) is 8.93. The SMILES string of the molecule is Cc1nn(-c2ccccc2)nc1C(=O)N1CCCN1C(=O)c1cn[nH]c1C(F)(F)F. The fourth-order valence-corrected chi connectivity index (χ4v) is 3.21. The molecule has 3 aromatic rings. The number of aryl methyl sites for hydroxylation is 1. The van der Waals surface area contributed by atoms with E-state index in [1.165, 1.54) is 4.80 Å². The highest BCUT2D eigenvalue weighted by Gasteiger charge is 2.41. The Bertz CT molecular complexity index is 1090. The van der Waals surface area contributed by atoms with Crippen molar-refractivity contribution in [1.82, 2.24) is 35.2 Å². The second-order valence-corrected chi connectivity index (χ2v) is 6.63. The first-order chi connectivity index (χ1) is 14.3. The van der Waals surface area contributed by atoms with Crippen LogP contribution in [0, 0.1) is 6.92 Å². The van der Waals surface area contributed by atoms with E-state index in [-0.39, 0.29) is 18.8 Å². The van der Waals surface area contributed by atoms with Gasteiger partial charge in [-0.05, 0) is 25.5 Å². The fraction of sp³-hybridized carbons (Fsp3) is 0.278. The van der Waals surface area contributed by atoms with Crippen molar-refractivity contribution in [2.45, 2.75) is 19.5 Å². The highest BCUT2D eigenvalue weighted by Crippen LogP contribution is 2.31. The quantitative estimate of drug-likeness (QED) is 0.702. The van der Waals surface area contributed by atoms with Crippen molar-refractivity contribution >= 4 is 11.8 Å². The Hall–Kier alpha value is -3.70. The van der Waals surface area contributed by atoms with Crippen molar-refractivity contribution in [1.29, 1.82) is 0 Å². The minimum Gasteiger partial charge on any atom is -0.273 e. The van der Waals surface area contributed by atoms with Crippen LogP contribution < -0.4 is 0 Å². The van der Waals surface area contributed by atoms with Gasteiger partial charge in [0.1, 0.15) is 0 Å². The average Bonchev–Trinajstić information content (AvgIpc) is 3.46. The van der Waals surface area contributed by atoms with E-state index in [1.807, 2.05) is 6.07 Å². The summed E-state index contributed by atoms with van der Waals surface area (Å²) in [4.78, 5) is 27.1. The molecule has 9 nitrogen and oxygen atoms in total. The van der Waals surface area contributed by atoms with Crippen LogP contribution in [0.4, 0.5) is 13.2 Å². The highest BCUT2D eigenvalue weighted by atomic mass is 19.4. The van der Waals surface area contributed by atoms with Gasteiger partial charge in [-0.25, -0.2) is 10.0 Å². The van der Waals surface area contributed by atoms with E-state index in [9.17, 15) is 22.8 Å². The van der Waals surface area contributed by atoms with Crippen LogP contribution in [-0.2, 0) is 6.18 Å². The smallest absolute Gasteiger partial charge is 0.273 e. The first-order valence-electron chi connectivity index (χ1n) is 9.01. The van der Waals surface area contributed by atoms with Crippen molar-refractivity contribution < 1.29 is 22.8 Å². The molecular weight excluding hydrogens is 403 g/mol. The van der Waals surface area contributed by atoms with Gasteiger partial charge in [0.05, 0.1) is 23.1 Å². The Kier molecular flexibility index (Phi) is 4.76. The van der Waals surface area contributed by atoms with Gasteiger partial charge in [0.15, 0.2) is 11.4 Å². The third-order valence-electron chi connectivity index (χ3n) is 4.63. The first kappa shape index (κ1) is 19.6. The Morgan fingerprint density at radius 1 is 1.03 bits per heavy atom. The van der Waals surface area contributed by atoms with Gasteiger partial charge in [-0.1, -0.05) is 18.2 Å². The van der Waals surface area contributed by atoms with Crippen LogP contribution in [0.25, 0.3) is 5.69 Å². The van der Waals surface area contributed by atoms with Gasteiger partial charge in [0.25, 0.3) is 11.8 Å². The number of hydrogen-bond donors (Lipinski definition) is 1. The van der Waals surface area contributed by atoms with Gasteiger partial charge in [-0.2, -0.15) is 28.2 Å². The number of halogens is 3. The molecule has 1 aromatic carbocycles. The first-order valence-corrected chi connectivity index (χ1v) is 9.01. The molecule has 0 bridgehead atoms. The van der Waals surface area contributed by atoms with Crippen molar-refractivity contribution in [3.63, 3.8) is 0 Å². The molecule has 1 saturated heterocycles. The number of nitrogens with one attached hydrogen (secondary N) is 1. The van der Waals surface area contributed by atoms with Gasteiger partial charge in [-0.15, -0.1) is 5.10 Å². The summed E-state index contributed by atoms with van der Waals surface area (Å²) in [5.41, 5.74) is -0.906. The molecule has 0 atom stereocenters. The minimum absolute atomic E-state index is 0.0155.